The van der Waals surface area contributed by atoms with E-state index in [0.717, 1.165) is 4.57 Å². The van der Waals surface area contributed by atoms with Crippen molar-refractivity contribution in [1.82, 2.24) is 4.57 Å². The number of rotatable bonds is 8. The number of carbonyl (C=O) groups is 1. The number of carbonyl (C=O) groups excluding carboxylic acids is 1. The van der Waals surface area contributed by atoms with Gasteiger partial charge in [-0.15, -0.1) is 0 Å². The zero-order chi connectivity index (χ0) is 27.4. The van der Waals surface area contributed by atoms with Gasteiger partial charge in [-0.25, -0.2) is 9.36 Å². The topological polar surface area (TPSA) is 115 Å². The number of benzene rings is 2. The molecule has 198 valence electrons. The van der Waals surface area contributed by atoms with Gasteiger partial charge in [0.15, 0.2) is 16.2 Å². The van der Waals surface area contributed by atoms with Gasteiger partial charge >= 0.3 is 11.5 Å². The number of thiocarbonyl (C=S) groups is 1. The lowest BCUT2D eigenvalue weighted by atomic mass is 9.86. The van der Waals surface area contributed by atoms with E-state index in [1.54, 1.807) is 42.5 Å². The van der Waals surface area contributed by atoms with Gasteiger partial charge in [0, 0.05) is 0 Å². The molecule has 0 fully saturated rings. The summed E-state index contributed by atoms with van der Waals surface area (Å²) in [4.78, 5) is 26.6. The van der Waals surface area contributed by atoms with Crippen molar-refractivity contribution in [3.05, 3.63) is 86.7 Å². The average Bonchev–Trinajstić information content (AvgIpc) is 3.23. The second kappa shape index (κ2) is 11.4. The summed E-state index contributed by atoms with van der Waals surface area (Å²) in [5, 5.41) is 0.0519. The smallest absolute Gasteiger partial charge is 0.357 e. The summed E-state index contributed by atoms with van der Waals surface area (Å²) in [6.45, 7) is 4.71. The lowest BCUT2D eigenvalue weighted by Gasteiger charge is -2.26. The molecule has 1 aliphatic heterocycles. The van der Waals surface area contributed by atoms with Crippen LogP contribution in [0.2, 0.25) is 0 Å². The van der Waals surface area contributed by atoms with Crippen LogP contribution in [0.25, 0.3) is 17.3 Å². The normalized spacial score (nSPS) is 15.2. The number of oxazole rings is 1. The predicted molar refractivity (Wildman–Crippen MR) is 146 cm³/mol. The Bertz CT molecular complexity index is 1600. The van der Waals surface area contributed by atoms with Crippen LogP contribution in [-0.2, 0) is 14.3 Å². The molecule has 0 aliphatic carbocycles. The fourth-order valence-electron chi connectivity index (χ4n) is 4.34. The number of nitrogens with two attached hydrogens (primary N) is 1. The number of allylic oxidation sites excluding steroid dienone is 1. The minimum atomic E-state index is -0.801. The van der Waals surface area contributed by atoms with Crippen LogP contribution >= 0.6 is 12.2 Å². The van der Waals surface area contributed by atoms with Crippen LogP contribution in [0.1, 0.15) is 30.9 Å². The molecular formula is C28H28N2O7S. The van der Waals surface area contributed by atoms with Crippen LogP contribution in [0, 0.1) is 0 Å². The van der Waals surface area contributed by atoms with Gasteiger partial charge < -0.3 is 29.1 Å². The number of esters is 1. The highest BCUT2D eigenvalue weighted by Crippen LogP contribution is 2.37. The molecule has 0 bridgehead atoms. The molecule has 4 rings (SSSR count). The molecule has 2 aromatic carbocycles. The quantitative estimate of drug-likeness (QED) is 0.342. The van der Waals surface area contributed by atoms with Gasteiger partial charge in [0.05, 0.1) is 44.6 Å². The van der Waals surface area contributed by atoms with E-state index < -0.39 is 17.4 Å². The third kappa shape index (κ3) is 4.95. The molecule has 0 saturated carbocycles. The van der Waals surface area contributed by atoms with Crippen molar-refractivity contribution in [1.29, 1.82) is 0 Å². The number of ether oxygens (including phenoxy) is 4. The summed E-state index contributed by atoms with van der Waals surface area (Å²) in [5.74, 6) is -0.341. The van der Waals surface area contributed by atoms with Crippen molar-refractivity contribution in [2.75, 3.05) is 27.4 Å². The fraction of sp³-hybridized carbons (Fsp3) is 0.250. The van der Waals surface area contributed by atoms with Crippen LogP contribution in [0.15, 0.2) is 63.4 Å². The molecule has 0 amide bonds. The van der Waals surface area contributed by atoms with E-state index in [4.69, 9.17) is 41.3 Å². The number of methoxy groups -OCH3 is 2. The second-order valence-electron chi connectivity index (χ2n) is 8.20. The van der Waals surface area contributed by atoms with E-state index in [0.29, 0.717) is 41.4 Å². The number of nitrogens with zero attached hydrogens (tertiary/aromatic N) is 1. The highest BCUT2D eigenvalue weighted by atomic mass is 32.1. The molecule has 1 aliphatic rings. The standard InChI is InChI=1S/C28H28N2O7S/c1-5-35-18-11-7-9-16(13-18)14-20-25(31)30-24(27(32)33-3)23(29)21(22(26(30)37-20)28(38)34-4)17-10-8-12-19(15-17)36-6-2/h7-15,21H,5-6,29H2,1-4H3/b20-14-. The van der Waals surface area contributed by atoms with Crippen molar-refractivity contribution in [3.8, 4) is 11.5 Å². The third-order valence-electron chi connectivity index (χ3n) is 5.90. The van der Waals surface area contributed by atoms with Gasteiger partial charge in [-0.1, -0.05) is 24.3 Å². The Morgan fingerprint density at radius 2 is 1.71 bits per heavy atom. The van der Waals surface area contributed by atoms with Crippen LogP contribution in [-0.4, -0.2) is 43.0 Å². The molecule has 2 N–H and O–H groups in total. The molecule has 1 atom stereocenters. The Labute approximate surface area is 224 Å². The lowest BCUT2D eigenvalue weighted by molar-refractivity contribution is -0.134. The lowest BCUT2D eigenvalue weighted by Crippen LogP contribution is -2.41. The molecule has 0 spiro atoms. The molecule has 1 unspecified atom stereocenters. The molecule has 10 heteroatoms. The van der Waals surface area contributed by atoms with E-state index in [-0.39, 0.29) is 27.4 Å². The van der Waals surface area contributed by atoms with Crippen LogP contribution in [0.4, 0.5) is 0 Å². The Morgan fingerprint density at radius 3 is 2.34 bits per heavy atom. The third-order valence-corrected chi connectivity index (χ3v) is 6.29. The van der Waals surface area contributed by atoms with E-state index in [1.165, 1.54) is 14.2 Å². The summed E-state index contributed by atoms with van der Waals surface area (Å²) < 4.78 is 28.8. The highest BCUT2D eigenvalue weighted by Gasteiger charge is 2.38. The van der Waals surface area contributed by atoms with Crippen molar-refractivity contribution in [2.45, 2.75) is 19.8 Å². The monoisotopic (exact) mass is 536 g/mol. The first-order chi connectivity index (χ1) is 18.3. The van der Waals surface area contributed by atoms with Gasteiger partial charge in [-0.2, -0.15) is 0 Å². The van der Waals surface area contributed by atoms with Crippen LogP contribution in [0.3, 0.4) is 0 Å². The Hall–Kier alpha value is -4.31. The summed E-state index contributed by atoms with van der Waals surface area (Å²) in [7, 11) is 2.62. The Morgan fingerprint density at radius 1 is 1.05 bits per heavy atom. The molecule has 3 aromatic rings. The predicted octanol–water partition coefficient (Wildman–Crippen LogP) is 2.29. The molecule has 0 radical (unpaired) electrons. The van der Waals surface area contributed by atoms with E-state index in [1.807, 2.05) is 26.0 Å². The molecule has 0 saturated heterocycles. The number of hydrogen-bond acceptors (Lipinski definition) is 9. The van der Waals surface area contributed by atoms with Crippen molar-refractivity contribution in [2.24, 2.45) is 5.73 Å². The molecular weight excluding hydrogens is 508 g/mol. The minimum absolute atomic E-state index is 0.0236. The first-order valence-corrected chi connectivity index (χ1v) is 12.3. The maximum Gasteiger partial charge on any atom is 0.357 e. The van der Waals surface area contributed by atoms with Crippen molar-refractivity contribution >= 4 is 40.6 Å². The van der Waals surface area contributed by atoms with Crippen molar-refractivity contribution < 1.29 is 28.2 Å². The first-order valence-electron chi connectivity index (χ1n) is 11.9. The van der Waals surface area contributed by atoms with E-state index in [9.17, 15) is 9.59 Å². The maximum atomic E-state index is 13.6. The summed E-state index contributed by atoms with van der Waals surface area (Å²) in [5.41, 5.74) is 7.53. The van der Waals surface area contributed by atoms with Gasteiger partial charge in [-0.05, 0) is 67.5 Å². The number of hydrogen-bond donors (Lipinski definition) is 1. The van der Waals surface area contributed by atoms with E-state index >= 15 is 0 Å². The highest BCUT2D eigenvalue weighted by molar-refractivity contribution is 7.81. The molecule has 2 heterocycles. The maximum absolute atomic E-state index is 13.6. The van der Waals surface area contributed by atoms with Gasteiger partial charge in [0.25, 0.3) is 0 Å². The number of fused-ring (bicyclic) bond motifs is 1. The van der Waals surface area contributed by atoms with Crippen LogP contribution in [0.5, 0.6) is 11.5 Å². The summed E-state index contributed by atoms with van der Waals surface area (Å²) in [6, 6.07) is 14.4. The fourth-order valence-corrected chi connectivity index (χ4v) is 4.55. The summed E-state index contributed by atoms with van der Waals surface area (Å²) in [6.07, 6.45) is 1.56. The molecule has 9 nitrogen and oxygen atoms in total. The van der Waals surface area contributed by atoms with Crippen molar-refractivity contribution in [3.63, 3.8) is 0 Å². The Balaban J connectivity index is 2.07. The zero-order valence-corrected chi connectivity index (χ0v) is 22.3. The second-order valence-corrected chi connectivity index (χ2v) is 8.57. The SMILES string of the molecule is CCOc1cccc(/C=c2\oc3n(c2=O)C(C(=O)OC)=C(N)C(c2cccc(OCC)c2)C=3C(=S)OC)c1. The minimum Gasteiger partial charge on any atom is -0.494 e. The first kappa shape index (κ1) is 26.7. The number of aromatic nitrogens is 1. The van der Waals surface area contributed by atoms with Gasteiger partial charge in [-0.3, -0.25) is 4.79 Å². The summed E-state index contributed by atoms with van der Waals surface area (Å²) >= 11 is 5.54. The van der Waals surface area contributed by atoms with Gasteiger partial charge in [0.1, 0.15) is 11.5 Å². The van der Waals surface area contributed by atoms with E-state index in [2.05, 4.69) is 0 Å². The largest absolute Gasteiger partial charge is 0.494 e. The Kier molecular flexibility index (Phi) is 8.02. The molecule has 38 heavy (non-hydrogen) atoms. The zero-order valence-electron chi connectivity index (χ0n) is 21.5. The average molecular weight is 537 g/mol. The molecule has 1 aromatic heterocycles. The van der Waals surface area contributed by atoms with Gasteiger partial charge in [0.2, 0.25) is 5.55 Å². The van der Waals surface area contributed by atoms with Crippen LogP contribution < -0.4 is 31.7 Å².